The summed E-state index contributed by atoms with van der Waals surface area (Å²) in [5.41, 5.74) is 0.300. The Morgan fingerprint density at radius 1 is 1.39 bits per heavy atom. The summed E-state index contributed by atoms with van der Waals surface area (Å²) in [5.74, 6) is -1.14. The minimum Gasteiger partial charge on any atom is -0.334 e. The van der Waals surface area contributed by atoms with Gasteiger partial charge >= 0.3 is 6.18 Å². The van der Waals surface area contributed by atoms with Crippen LogP contribution in [0, 0.1) is 11.3 Å². The molecule has 0 spiro atoms. The number of nitrogens with zero attached hydrogens (tertiary/aromatic N) is 2. The van der Waals surface area contributed by atoms with Gasteiger partial charge in [-0.1, -0.05) is 23.2 Å². The van der Waals surface area contributed by atoms with Crippen LogP contribution in [0.15, 0.2) is 6.07 Å². The van der Waals surface area contributed by atoms with Gasteiger partial charge in [0, 0.05) is 5.56 Å². The molecule has 0 bridgehead atoms. The van der Waals surface area contributed by atoms with Gasteiger partial charge in [-0.25, -0.2) is 4.98 Å². The van der Waals surface area contributed by atoms with Gasteiger partial charge in [0.2, 0.25) is 5.82 Å². The van der Waals surface area contributed by atoms with Gasteiger partial charge in [-0.3, -0.25) is 0 Å². The van der Waals surface area contributed by atoms with Crippen molar-refractivity contribution < 1.29 is 13.2 Å². The zero-order valence-electron chi connectivity index (χ0n) is 8.57. The zero-order chi connectivity index (χ0) is 13.5. The summed E-state index contributed by atoms with van der Waals surface area (Å²) in [4.78, 5) is 5.54. The van der Waals surface area contributed by atoms with Crippen molar-refractivity contribution in [2.24, 2.45) is 0 Å². The third-order valence-electron chi connectivity index (χ3n) is 2.29. The fourth-order valence-electron chi connectivity index (χ4n) is 1.53. The first-order valence-corrected chi connectivity index (χ1v) is 5.41. The largest absolute Gasteiger partial charge is 0.449 e. The Morgan fingerprint density at radius 2 is 2.06 bits per heavy atom. The zero-order valence-corrected chi connectivity index (χ0v) is 10.1. The van der Waals surface area contributed by atoms with Crippen LogP contribution in [-0.4, -0.2) is 9.97 Å². The van der Waals surface area contributed by atoms with Crippen LogP contribution >= 0.6 is 23.2 Å². The lowest BCUT2D eigenvalue weighted by Gasteiger charge is -2.02. The van der Waals surface area contributed by atoms with Gasteiger partial charge in [-0.05, 0) is 6.07 Å². The average molecular weight is 294 g/mol. The van der Waals surface area contributed by atoms with E-state index < -0.39 is 12.0 Å². The molecule has 0 atom stereocenters. The van der Waals surface area contributed by atoms with Crippen LogP contribution in [0.3, 0.4) is 0 Å². The number of rotatable bonds is 1. The smallest absolute Gasteiger partial charge is 0.334 e. The normalized spacial score (nSPS) is 11.8. The predicted octanol–water partition coefficient (Wildman–Crippen LogP) is 3.95. The van der Waals surface area contributed by atoms with E-state index in [4.69, 9.17) is 28.5 Å². The van der Waals surface area contributed by atoms with Crippen LogP contribution < -0.4 is 0 Å². The highest BCUT2D eigenvalue weighted by Crippen LogP contribution is 2.35. The highest BCUT2D eigenvalue weighted by molar-refractivity contribution is 6.43. The first-order valence-electron chi connectivity index (χ1n) is 4.65. The topological polar surface area (TPSA) is 52.5 Å². The van der Waals surface area contributed by atoms with Crippen molar-refractivity contribution in [3.63, 3.8) is 0 Å². The number of hydrogen-bond acceptors (Lipinski definition) is 2. The van der Waals surface area contributed by atoms with Crippen molar-refractivity contribution in [1.29, 1.82) is 5.26 Å². The lowest BCUT2D eigenvalue weighted by atomic mass is 10.1. The summed E-state index contributed by atoms with van der Waals surface area (Å²) in [7, 11) is 0. The number of alkyl halides is 3. The Bertz CT molecular complexity index is 655. The van der Waals surface area contributed by atoms with E-state index in [1.807, 2.05) is 6.07 Å². The summed E-state index contributed by atoms with van der Waals surface area (Å²) in [6.45, 7) is 0. The van der Waals surface area contributed by atoms with E-state index in [0.29, 0.717) is 0 Å². The van der Waals surface area contributed by atoms with E-state index >= 15 is 0 Å². The maximum absolute atomic E-state index is 12.5. The van der Waals surface area contributed by atoms with Gasteiger partial charge in [-0.2, -0.15) is 18.4 Å². The van der Waals surface area contributed by atoms with Gasteiger partial charge in [0.05, 0.1) is 33.6 Å². The number of halogens is 5. The van der Waals surface area contributed by atoms with Crippen molar-refractivity contribution in [2.75, 3.05) is 0 Å². The predicted molar refractivity (Wildman–Crippen MR) is 60.4 cm³/mol. The Morgan fingerprint density at radius 3 is 2.61 bits per heavy atom. The van der Waals surface area contributed by atoms with E-state index in [2.05, 4.69) is 9.97 Å². The molecular weight excluding hydrogens is 290 g/mol. The lowest BCUT2D eigenvalue weighted by Crippen LogP contribution is -2.06. The van der Waals surface area contributed by atoms with Gasteiger partial charge in [-0.15, -0.1) is 0 Å². The molecule has 0 saturated carbocycles. The minimum atomic E-state index is -4.60. The quantitative estimate of drug-likeness (QED) is 0.865. The average Bonchev–Trinajstić information content (AvgIpc) is 2.68. The highest BCUT2D eigenvalue weighted by atomic mass is 35.5. The van der Waals surface area contributed by atoms with Gasteiger partial charge in [0.25, 0.3) is 0 Å². The number of benzene rings is 1. The summed E-state index contributed by atoms with van der Waals surface area (Å²) < 4.78 is 37.6. The molecule has 1 aromatic heterocycles. The van der Waals surface area contributed by atoms with Gasteiger partial charge in [0.15, 0.2) is 0 Å². The molecular formula is C10H4Cl2F3N3. The van der Waals surface area contributed by atoms with E-state index in [0.717, 1.165) is 0 Å². The molecule has 0 aliphatic rings. The molecule has 0 radical (unpaired) electrons. The summed E-state index contributed by atoms with van der Waals surface area (Å²) in [5, 5.41) is 8.77. The molecule has 0 saturated heterocycles. The maximum atomic E-state index is 12.5. The fraction of sp³-hybridized carbons (Fsp3) is 0.200. The fourth-order valence-corrected chi connectivity index (χ4v) is 1.97. The second kappa shape index (κ2) is 4.34. The van der Waals surface area contributed by atoms with Crippen LogP contribution in [0.25, 0.3) is 11.0 Å². The summed E-state index contributed by atoms with van der Waals surface area (Å²) in [6.07, 6.45) is -4.76. The molecule has 0 unspecified atom stereocenters. The first kappa shape index (κ1) is 13.0. The van der Waals surface area contributed by atoms with Gasteiger partial charge in [0.1, 0.15) is 0 Å². The molecule has 18 heavy (non-hydrogen) atoms. The standard InChI is InChI=1S/C10H4Cl2F3N3/c11-5-3-6-8(4(1-2-16)7(5)12)18-9(17-6)10(13,14)15/h3H,1H2,(H,17,18). The van der Waals surface area contributed by atoms with Gasteiger partial charge < -0.3 is 4.98 Å². The number of H-pyrrole nitrogens is 1. The first-order chi connectivity index (χ1) is 8.34. The Labute approximate surface area is 109 Å². The molecule has 0 amide bonds. The Hall–Kier alpha value is -1.45. The second-order valence-electron chi connectivity index (χ2n) is 3.47. The van der Waals surface area contributed by atoms with E-state index in [1.165, 1.54) is 6.07 Å². The van der Waals surface area contributed by atoms with Crippen molar-refractivity contribution >= 4 is 34.2 Å². The lowest BCUT2D eigenvalue weighted by molar-refractivity contribution is -0.144. The molecule has 0 aliphatic heterocycles. The van der Waals surface area contributed by atoms with Crippen LogP contribution in [-0.2, 0) is 12.6 Å². The molecule has 1 heterocycles. The number of aromatic nitrogens is 2. The molecule has 8 heteroatoms. The van der Waals surface area contributed by atoms with Crippen LogP contribution in [0.4, 0.5) is 13.2 Å². The van der Waals surface area contributed by atoms with Crippen LogP contribution in [0.5, 0.6) is 0 Å². The maximum Gasteiger partial charge on any atom is 0.449 e. The number of nitriles is 1. The molecule has 0 fully saturated rings. The van der Waals surface area contributed by atoms with Crippen molar-refractivity contribution in [3.8, 4) is 6.07 Å². The SMILES string of the molecule is N#CCc1c(Cl)c(Cl)cc2[nH]c(C(F)(F)F)nc12. The molecule has 0 aliphatic carbocycles. The molecule has 2 rings (SSSR count). The van der Waals surface area contributed by atoms with Crippen LogP contribution in [0.2, 0.25) is 10.0 Å². The third kappa shape index (κ3) is 2.11. The molecule has 2 aromatic rings. The number of imidazole rings is 1. The molecule has 94 valence electrons. The van der Waals surface area contributed by atoms with E-state index in [-0.39, 0.29) is 33.1 Å². The minimum absolute atomic E-state index is 0.0123. The highest BCUT2D eigenvalue weighted by Gasteiger charge is 2.35. The Balaban J connectivity index is 2.77. The summed E-state index contributed by atoms with van der Waals surface area (Å²) in [6, 6.07) is 3.07. The van der Waals surface area contributed by atoms with E-state index in [9.17, 15) is 13.2 Å². The number of nitrogens with one attached hydrogen (secondary N) is 1. The van der Waals surface area contributed by atoms with Crippen LogP contribution in [0.1, 0.15) is 11.4 Å². The number of hydrogen-bond donors (Lipinski definition) is 1. The molecule has 3 nitrogen and oxygen atoms in total. The summed E-state index contributed by atoms with van der Waals surface area (Å²) >= 11 is 11.6. The van der Waals surface area contributed by atoms with Crippen molar-refractivity contribution in [3.05, 3.63) is 27.5 Å². The second-order valence-corrected chi connectivity index (χ2v) is 4.25. The monoisotopic (exact) mass is 293 g/mol. The van der Waals surface area contributed by atoms with Crippen molar-refractivity contribution in [2.45, 2.75) is 12.6 Å². The van der Waals surface area contributed by atoms with E-state index in [1.54, 1.807) is 0 Å². The number of aromatic amines is 1. The number of fused-ring (bicyclic) bond motifs is 1. The Kier molecular flexibility index (Phi) is 3.13. The molecule has 1 N–H and O–H groups in total. The van der Waals surface area contributed by atoms with Crippen molar-refractivity contribution in [1.82, 2.24) is 9.97 Å². The third-order valence-corrected chi connectivity index (χ3v) is 3.11. The molecule has 1 aromatic carbocycles.